The van der Waals surface area contributed by atoms with Gasteiger partial charge < -0.3 is 9.80 Å². The fraction of sp³-hybridized carbons (Fsp3) is 0.667. The predicted octanol–water partition coefficient (Wildman–Crippen LogP) is 4.17. The quantitative estimate of drug-likeness (QED) is 0.810. The fourth-order valence-corrected chi connectivity index (χ4v) is 4.68. The third-order valence-electron chi connectivity index (χ3n) is 6.00. The summed E-state index contributed by atoms with van der Waals surface area (Å²) < 4.78 is 0. The van der Waals surface area contributed by atoms with E-state index >= 15 is 0 Å². The molecule has 3 heteroatoms. The number of nitrogens with zero attached hydrogens (tertiary/aromatic N) is 2. The Hall–Kier alpha value is -1.35. The van der Waals surface area contributed by atoms with Crippen molar-refractivity contribution in [2.24, 2.45) is 0 Å². The molecule has 0 N–H and O–H groups in total. The smallest absolute Gasteiger partial charge is 0.254 e. The zero-order chi connectivity index (χ0) is 17.3. The summed E-state index contributed by atoms with van der Waals surface area (Å²) in [6.45, 7) is 7.26. The number of piperidine rings is 1. The van der Waals surface area contributed by atoms with E-state index in [1.54, 1.807) is 0 Å². The molecule has 2 saturated heterocycles. The highest BCUT2D eigenvalue weighted by molar-refractivity contribution is 5.94. The molecule has 0 aliphatic carbocycles. The molecule has 1 amide bonds. The third-order valence-corrected chi connectivity index (χ3v) is 6.00. The maximum absolute atomic E-state index is 13.3. The Morgan fingerprint density at radius 1 is 1.12 bits per heavy atom. The van der Waals surface area contributed by atoms with E-state index in [1.807, 2.05) is 0 Å². The van der Waals surface area contributed by atoms with Gasteiger partial charge in [0.2, 0.25) is 0 Å². The molecular formula is C21H32N2O. The number of carbonyl (C=O) groups is 1. The molecule has 0 radical (unpaired) electrons. The van der Waals surface area contributed by atoms with Gasteiger partial charge >= 0.3 is 0 Å². The van der Waals surface area contributed by atoms with Crippen LogP contribution in [0.5, 0.6) is 0 Å². The first-order valence-electron chi connectivity index (χ1n) is 9.60. The molecule has 1 aromatic carbocycles. The first-order chi connectivity index (χ1) is 11.5. The summed E-state index contributed by atoms with van der Waals surface area (Å²) in [5.41, 5.74) is 3.23. The van der Waals surface area contributed by atoms with Crippen molar-refractivity contribution in [3.63, 3.8) is 0 Å². The highest BCUT2D eigenvalue weighted by Gasteiger charge is 2.41. The first kappa shape index (κ1) is 17.5. The predicted molar refractivity (Wildman–Crippen MR) is 99.5 cm³/mol. The van der Waals surface area contributed by atoms with E-state index in [4.69, 9.17) is 0 Å². The highest BCUT2D eigenvalue weighted by atomic mass is 16.2. The second-order valence-corrected chi connectivity index (χ2v) is 7.90. The SMILES string of the molecule is CCCCN(C(=O)c1cc(C)cc(C)c1)C1CC2CCC(C1)N2C. The van der Waals surface area contributed by atoms with Crippen molar-refractivity contribution in [3.05, 3.63) is 34.9 Å². The van der Waals surface area contributed by atoms with Gasteiger partial charge in [-0.2, -0.15) is 0 Å². The lowest BCUT2D eigenvalue weighted by Crippen LogP contribution is -2.51. The van der Waals surface area contributed by atoms with Gasteiger partial charge in [0, 0.05) is 30.2 Å². The Balaban J connectivity index is 1.82. The van der Waals surface area contributed by atoms with E-state index in [1.165, 1.54) is 24.0 Å². The molecule has 3 rings (SSSR count). The summed E-state index contributed by atoms with van der Waals surface area (Å²) in [6.07, 6.45) is 7.13. The number of aryl methyl sites for hydroxylation is 2. The Kier molecular flexibility index (Phi) is 5.29. The average Bonchev–Trinajstić information content (AvgIpc) is 2.75. The van der Waals surface area contributed by atoms with Crippen LogP contribution in [-0.4, -0.2) is 47.4 Å². The summed E-state index contributed by atoms with van der Waals surface area (Å²) in [7, 11) is 2.26. The Bertz CT molecular complexity index is 563. The lowest BCUT2D eigenvalue weighted by Gasteiger charge is -2.42. The molecule has 3 nitrogen and oxygen atoms in total. The molecule has 2 atom stereocenters. The topological polar surface area (TPSA) is 23.6 Å². The molecule has 2 unspecified atom stereocenters. The molecule has 0 spiro atoms. The minimum absolute atomic E-state index is 0.240. The summed E-state index contributed by atoms with van der Waals surface area (Å²) in [6, 6.07) is 8.01. The number of fused-ring (bicyclic) bond motifs is 2. The van der Waals surface area contributed by atoms with Crippen molar-refractivity contribution in [3.8, 4) is 0 Å². The number of rotatable bonds is 5. The fourth-order valence-electron chi connectivity index (χ4n) is 4.68. The van der Waals surface area contributed by atoms with Gasteiger partial charge in [0.05, 0.1) is 0 Å². The number of benzene rings is 1. The van der Waals surface area contributed by atoms with Gasteiger partial charge in [-0.25, -0.2) is 0 Å². The molecular weight excluding hydrogens is 296 g/mol. The van der Waals surface area contributed by atoms with Gasteiger partial charge in [-0.05, 0) is 65.1 Å². The zero-order valence-electron chi connectivity index (χ0n) is 15.7. The van der Waals surface area contributed by atoms with Crippen LogP contribution in [0, 0.1) is 13.8 Å². The van der Waals surface area contributed by atoms with Gasteiger partial charge in [-0.15, -0.1) is 0 Å². The molecule has 0 aromatic heterocycles. The second-order valence-electron chi connectivity index (χ2n) is 7.90. The van der Waals surface area contributed by atoms with Crippen molar-refractivity contribution < 1.29 is 4.79 Å². The highest BCUT2D eigenvalue weighted by Crippen LogP contribution is 2.36. The molecule has 24 heavy (non-hydrogen) atoms. The maximum Gasteiger partial charge on any atom is 0.254 e. The molecule has 2 heterocycles. The van der Waals surface area contributed by atoms with E-state index in [0.717, 1.165) is 37.8 Å². The van der Waals surface area contributed by atoms with Crippen LogP contribution in [-0.2, 0) is 0 Å². The molecule has 2 aliphatic rings. The third kappa shape index (κ3) is 3.51. The number of hydrogen-bond acceptors (Lipinski definition) is 2. The van der Waals surface area contributed by atoms with Crippen LogP contribution >= 0.6 is 0 Å². The molecule has 0 saturated carbocycles. The van der Waals surface area contributed by atoms with E-state index < -0.39 is 0 Å². The normalized spacial score (nSPS) is 26.6. The largest absolute Gasteiger partial charge is 0.336 e. The standard InChI is InChI=1S/C21H32N2O/c1-5-6-9-23(20-13-18-7-8-19(14-20)22(18)4)21(24)17-11-15(2)10-16(3)12-17/h10-12,18-20H,5-9,13-14H2,1-4H3. The zero-order valence-corrected chi connectivity index (χ0v) is 15.7. The number of amides is 1. The van der Waals surface area contributed by atoms with Crippen LogP contribution in [0.3, 0.4) is 0 Å². The lowest BCUT2D eigenvalue weighted by molar-refractivity contribution is 0.0480. The monoisotopic (exact) mass is 328 g/mol. The van der Waals surface area contributed by atoms with Gasteiger partial charge in [-0.1, -0.05) is 30.5 Å². The van der Waals surface area contributed by atoms with Crippen LogP contribution in [0.2, 0.25) is 0 Å². The van der Waals surface area contributed by atoms with E-state index in [0.29, 0.717) is 18.1 Å². The molecule has 2 bridgehead atoms. The summed E-state index contributed by atoms with van der Waals surface area (Å²) in [4.78, 5) is 18.0. The molecule has 2 fully saturated rings. The van der Waals surface area contributed by atoms with Crippen LogP contribution in [0.15, 0.2) is 18.2 Å². The van der Waals surface area contributed by atoms with Crippen molar-refractivity contribution >= 4 is 5.91 Å². The summed E-state index contributed by atoms with van der Waals surface area (Å²) >= 11 is 0. The van der Waals surface area contributed by atoms with Crippen LogP contribution < -0.4 is 0 Å². The minimum atomic E-state index is 0.240. The second kappa shape index (κ2) is 7.26. The number of hydrogen-bond donors (Lipinski definition) is 0. The number of unbranched alkanes of at least 4 members (excludes halogenated alkanes) is 1. The number of carbonyl (C=O) groups excluding carboxylic acids is 1. The average molecular weight is 329 g/mol. The van der Waals surface area contributed by atoms with Gasteiger partial charge in [-0.3, -0.25) is 4.79 Å². The van der Waals surface area contributed by atoms with Gasteiger partial charge in [0.25, 0.3) is 5.91 Å². The molecule has 132 valence electrons. The summed E-state index contributed by atoms with van der Waals surface area (Å²) in [5.74, 6) is 0.240. The van der Waals surface area contributed by atoms with Crippen LogP contribution in [0.1, 0.15) is 66.9 Å². The lowest BCUT2D eigenvalue weighted by atomic mass is 9.95. The maximum atomic E-state index is 13.3. The first-order valence-corrected chi connectivity index (χ1v) is 9.60. The Morgan fingerprint density at radius 3 is 2.25 bits per heavy atom. The summed E-state index contributed by atoms with van der Waals surface area (Å²) in [5, 5.41) is 0. The van der Waals surface area contributed by atoms with Crippen LogP contribution in [0.25, 0.3) is 0 Å². The Labute approximate surface area is 147 Å². The minimum Gasteiger partial charge on any atom is -0.336 e. The molecule has 1 aromatic rings. The molecule has 2 aliphatic heterocycles. The van der Waals surface area contributed by atoms with E-state index in [-0.39, 0.29) is 5.91 Å². The van der Waals surface area contributed by atoms with Crippen molar-refractivity contribution in [2.45, 2.75) is 77.4 Å². The van der Waals surface area contributed by atoms with Crippen molar-refractivity contribution in [1.29, 1.82) is 0 Å². The van der Waals surface area contributed by atoms with Gasteiger partial charge in [0.1, 0.15) is 0 Å². The van der Waals surface area contributed by atoms with Gasteiger partial charge in [0.15, 0.2) is 0 Å². The van der Waals surface area contributed by atoms with Crippen molar-refractivity contribution in [2.75, 3.05) is 13.6 Å². The van der Waals surface area contributed by atoms with E-state index in [9.17, 15) is 4.79 Å². The van der Waals surface area contributed by atoms with E-state index in [2.05, 4.69) is 55.8 Å². The van der Waals surface area contributed by atoms with Crippen LogP contribution in [0.4, 0.5) is 0 Å². The Morgan fingerprint density at radius 2 is 1.71 bits per heavy atom. The van der Waals surface area contributed by atoms with Crippen molar-refractivity contribution in [1.82, 2.24) is 9.80 Å².